The predicted octanol–water partition coefficient (Wildman–Crippen LogP) is 3.48. The maximum Gasteiger partial charge on any atom is 0.335 e. The Bertz CT molecular complexity index is 1440. The number of allylic oxidation sites excluding steroid dienone is 1. The van der Waals surface area contributed by atoms with E-state index in [2.05, 4.69) is 67.8 Å². The minimum atomic E-state index is -0.460. The number of hydrogen-bond donors (Lipinski definition) is 1. The second-order valence-corrected chi connectivity index (χ2v) is 9.44. The van der Waals surface area contributed by atoms with Crippen molar-refractivity contribution in [3.05, 3.63) is 70.8 Å². The van der Waals surface area contributed by atoms with Gasteiger partial charge in [0, 0.05) is 48.4 Å². The summed E-state index contributed by atoms with van der Waals surface area (Å²) in [5.74, 6) is 1.16. The Morgan fingerprint density at radius 1 is 1.16 bits per heavy atom. The van der Waals surface area contributed by atoms with Crippen LogP contribution >= 0.6 is 0 Å². The van der Waals surface area contributed by atoms with Crippen molar-refractivity contribution in [1.29, 1.82) is 0 Å². The second kappa shape index (κ2) is 10.9. The first-order chi connectivity index (χ1) is 18.1. The Hall–Kier alpha value is -4.15. The summed E-state index contributed by atoms with van der Waals surface area (Å²) < 4.78 is 5.37. The summed E-state index contributed by atoms with van der Waals surface area (Å²) >= 11 is 0. The van der Waals surface area contributed by atoms with Gasteiger partial charge in [-0.2, -0.15) is 10.1 Å². The molecule has 0 spiro atoms. The molecule has 1 unspecified atom stereocenters. The molecule has 0 fully saturated rings. The van der Waals surface area contributed by atoms with Crippen molar-refractivity contribution in [2.75, 3.05) is 0 Å². The molecule has 1 N–H and O–H groups in total. The molecular weight excluding hydrogens is 468 g/mol. The van der Waals surface area contributed by atoms with Crippen LogP contribution in [-0.4, -0.2) is 50.7 Å². The van der Waals surface area contributed by atoms with Crippen LogP contribution in [0.1, 0.15) is 57.2 Å². The van der Waals surface area contributed by atoms with Gasteiger partial charge in [0.2, 0.25) is 5.95 Å². The number of H-pyrrole nitrogens is 1. The fourth-order valence-corrected chi connectivity index (χ4v) is 4.80. The Labute approximate surface area is 215 Å². The molecule has 1 aliphatic rings. The summed E-state index contributed by atoms with van der Waals surface area (Å²) in [6, 6.07) is 8.14. The van der Waals surface area contributed by atoms with E-state index in [4.69, 9.17) is 0 Å². The van der Waals surface area contributed by atoms with Gasteiger partial charge < -0.3 is 0 Å². The smallest absolute Gasteiger partial charge is 0.295 e. The molecule has 3 aromatic heterocycles. The van der Waals surface area contributed by atoms with E-state index in [0.29, 0.717) is 24.7 Å². The fourth-order valence-electron chi connectivity index (χ4n) is 4.80. The van der Waals surface area contributed by atoms with Crippen LogP contribution in [0.5, 0.6) is 0 Å². The average Bonchev–Trinajstić information content (AvgIpc) is 3.69. The van der Waals surface area contributed by atoms with Gasteiger partial charge in [-0.3, -0.25) is 9.56 Å². The fraction of sp³-hybridized carbons (Fsp3) is 0.423. The minimum Gasteiger partial charge on any atom is -0.295 e. The molecule has 1 atom stereocenters. The minimum absolute atomic E-state index is 0.109. The first kappa shape index (κ1) is 24.5. The van der Waals surface area contributed by atoms with Crippen LogP contribution in [0, 0.1) is 0 Å². The number of aliphatic imine (C=N–C) groups is 1. The number of benzene rings is 1. The normalized spacial score (nSPS) is 17.0. The quantitative estimate of drug-likeness (QED) is 0.336. The zero-order valence-corrected chi connectivity index (χ0v) is 21.3. The Morgan fingerprint density at radius 3 is 2.81 bits per heavy atom. The van der Waals surface area contributed by atoms with Crippen molar-refractivity contribution in [3.8, 4) is 17.3 Å². The molecular formula is C26H32N10O. The van der Waals surface area contributed by atoms with Crippen molar-refractivity contribution in [1.82, 2.24) is 44.5 Å². The lowest BCUT2D eigenvalue weighted by molar-refractivity contribution is 0.437. The van der Waals surface area contributed by atoms with Crippen molar-refractivity contribution < 1.29 is 0 Å². The Balaban J connectivity index is 1.58. The topological polar surface area (TPSA) is 124 Å². The van der Waals surface area contributed by atoms with Crippen molar-refractivity contribution in [2.45, 2.75) is 70.9 Å². The number of hydrogen-bond acceptors (Lipinski definition) is 7. The Morgan fingerprint density at radius 2 is 2.05 bits per heavy atom. The number of rotatable bonds is 11. The van der Waals surface area contributed by atoms with Gasteiger partial charge in [0.1, 0.15) is 6.33 Å². The second-order valence-electron chi connectivity index (χ2n) is 9.44. The van der Waals surface area contributed by atoms with Crippen LogP contribution < -0.4 is 5.69 Å². The number of imidazole rings is 1. The number of aryl methyl sites for hydroxylation is 2. The maximum atomic E-state index is 13.9. The van der Waals surface area contributed by atoms with Crippen LogP contribution in [0.3, 0.4) is 0 Å². The molecule has 0 radical (unpaired) electrons. The zero-order chi connectivity index (χ0) is 25.7. The van der Waals surface area contributed by atoms with E-state index in [1.165, 1.54) is 6.33 Å². The largest absolute Gasteiger partial charge is 0.335 e. The highest BCUT2D eigenvalue weighted by molar-refractivity contribution is 5.65. The molecule has 5 rings (SSSR count). The van der Waals surface area contributed by atoms with Gasteiger partial charge in [-0.1, -0.05) is 51.0 Å². The first-order valence-corrected chi connectivity index (χ1v) is 12.9. The predicted molar refractivity (Wildman–Crippen MR) is 141 cm³/mol. The number of tetrazole rings is 1. The highest BCUT2D eigenvalue weighted by atomic mass is 16.2. The third-order valence-electron chi connectivity index (χ3n) is 6.92. The molecule has 192 valence electrons. The van der Waals surface area contributed by atoms with E-state index < -0.39 is 5.41 Å². The molecule has 0 aliphatic carbocycles. The molecule has 37 heavy (non-hydrogen) atoms. The van der Waals surface area contributed by atoms with E-state index in [-0.39, 0.29) is 5.69 Å². The molecule has 0 amide bonds. The van der Waals surface area contributed by atoms with E-state index >= 15 is 0 Å². The summed E-state index contributed by atoms with van der Waals surface area (Å²) in [6.45, 7) is 5.49. The molecule has 11 nitrogen and oxygen atoms in total. The van der Waals surface area contributed by atoms with Gasteiger partial charge in [0.25, 0.3) is 0 Å². The van der Waals surface area contributed by atoms with E-state index in [9.17, 15) is 4.79 Å². The van der Waals surface area contributed by atoms with Gasteiger partial charge >= 0.3 is 5.69 Å². The number of nitrogens with zero attached hydrogens (tertiary/aromatic N) is 9. The van der Waals surface area contributed by atoms with Crippen molar-refractivity contribution in [2.24, 2.45) is 4.99 Å². The zero-order valence-electron chi connectivity index (χ0n) is 21.3. The van der Waals surface area contributed by atoms with Crippen LogP contribution in [0.25, 0.3) is 17.3 Å². The highest BCUT2D eigenvalue weighted by Gasteiger charge is 2.33. The van der Waals surface area contributed by atoms with Crippen molar-refractivity contribution >= 4 is 6.21 Å². The highest BCUT2D eigenvalue weighted by Crippen LogP contribution is 2.35. The lowest BCUT2D eigenvalue weighted by atomic mass is 9.76. The maximum absolute atomic E-state index is 13.9. The average molecular weight is 501 g/mol. The van der Waals surface area contributed by atoms with Crippen LogP contribution in [0.2, 0.25) is 0 Å². The van der Waals surface area contributed by atoms with Gasteiger partial charge in [-0.25, -0.2) is 19.1 Å². The van der Waals surface area contributed by atoms with Crippen LogP contribution in [0.4, 0.5) is 0 Å². The van der Waals surface area contributed by atoms with Gasteiger partial charge in [0.05, 0.1) is 0 Å². The summed E-state index contributed by atoms with van der Waals surface area (Å²) in [6.07, 6.45) is 14.8. The summed E-state index contributed by atoms with van der Waals surface area (Å²) in [5.41, 5.74) is 2.37. The number of unbranched alkanes of at least 4 members (excludes halogenated alkanes) is 2. The third-order valence-corrected chi connectivity index (χ3v) is 6.92. The monoisotopic (exact) mass is 500 g/mol. The Kier molecular flexibility index (Phi) is 7.20. The van der Waals surface area contributed by atoms with Crippen LogP contribution in [-0.2, 0) is 24.9 Å². The molecule has 4 aromatic rings. The number of aromatic nitrogens is 9. The molecule has 11 heteroatoms. The van der Waals surface area contributed by atoms with E-state index in [1.807, 2.05) is 40.0 Å². The van der Waals surface area contributed by atoms with E-state index in [1.54, 1.807) is 4.57 Å². The number of nitrogens with one attached hydrogen (secondary N) is 1. The summed E-state index contributed by atoms with van der Waals surface area (Å²) in [5, 5.41) is 18.7. The SMILES string of the molecule is CCCCc1cn(-c2ncnn2CCCC)c(=O)n1CC1(c2cccc(-c3nnn[nH]3)c2)C=CN=CC1. The lowest BCUT2D eigenvalue weighted by Gasteiger charge is -2.32. The summed E-state index contributed by atoms with van der Waals surface area (Å²) in [4.78, 5) is 22.7. The van der Waals surface area contributed by atoms with Crippen molar-refractivity contribution in [3.63, 3.8) is 0 Å². The number of aromatic amines is 1. The lowest BCUT2D eigenvalue weighted by Crippen LogP contribution is -2.37. The molecule has 0 saturated carbocycles. The molecule has 0 saturated heterocycles. The standard InChI is InChI=1S/C26H32N10O/c1-3-5-10-22-17-34(24-28-19-29-36(24)15-6-4-2)25(37)35(22)18-26(11-13-27-14-12-26)21-9-7-8-20(16-21)23-30-32-33-31-23/h7-9,11,13-14,16-17,19H,3-6,10,12,15,18H2,1-2H3,(H,30,31,32,33). The molecule has 1 aromatic carbocycles. The van der Waals surface area contributed by atoms with E-state index in [0.717, 1.165) is 55.5 Å². The molecule has 1 aliphatic heterocycles. The van der Waals surface area contributed by atoms with Gasteiger partial charge in [0.15, 0.2) is 5.82 Å². The molecule has 0 bridgehead atoms. The third kappa shape index (κ3) is 4.93. The summed E-state index contributed by atoms with van der Waals surface area (Å²) in [7, 11) is 0. The van der Waals surface area contributed by atoms with Gasteiger partial charge in [-0.15, -0.1) is 5.10 Å². The molecule has 4 heterocycles. The van der Waals surface area contributed by atoms with Crippen LogP contribution in [0.15, 0.2) is 58.9 Å². The first-order valence-electron chi connectivity index (χ1n) is 12.9. The van der Waals surface area contributed by atoms with Gasteiger partial charge in [-0.05, 0) is 47.7 Å².